The number of aliphatic hydroxyl groups excluding tert-OH is 1. The second-order valence-electron chi connectivity index (χ2n) is 3.65. The van der Waals surface area contributed by atoms with Crippen LogP contribution < -0.4 is 4.90 Å². The SMILES string of the molecule is COCCN(CCO)c1c(F)cc(C=O)cc1F. The van der Waals surface area contributed by atoms with Crippen LogP contribution in [0.4, 0.5) is 14.5 Å². The first-order valence-electron chi connectivity index (χ1n) is 5.43. The number of halogens is 2. The Bertz CT molecular complexity index is 389. The fourth-order valence-electron chi connectivity index (χ4n) is 1.61. The van der Waals surface area contributed by atoms with E-state index >= 15 is 0 Å². The number of nitrogens with zero attached hydrogens (tertiary/aromatic N) is 1. The van der Waals surface area contributed by atoms with Crippen molar-refractivity contribution in [2.24, 2.45) is 0 Å². The van der Waals surface area contributed by atoms with Gasteiger partial charge in [-0.1, -0.05) is 0 Å². The van der Waals surface area contributed by atoms with Gasteiger partial charge in [0.1, 0.15) is 23.6 Å². The van der Waals surface area contributed by atoms with E-state index in [0.717, 1.165) is 12.1 Å². The predicted molar refractivity (Wildman–Crippen MR) is 62.9 cm³/mol. The van der Waals surface area contributed by atoms with Crippen LogP contribution in [0.2, 0.25) is 0 Å². The fraction of sp³-hybridized carbons (Fsp3) is 0.417. The fourth-order valence-corrected chi connectivity index (χ4v) is 1.61. The normalized spacial score (nSPS) is 10.4. The monoisotopic (exact) mass is 259 g/mol. The Labute approximate surface area is 104 Å². The minimum atomic E-state index is -0.832. The minimum Gasteiger partial charge on any atom is -0.395 e. The Morgan fingerprint density at radius 1 is 1.33 bits per heavy atom. The molecule has 18 heavy (non-hydrogen) atoms. The van der Waals surface area contributed by atoms with Gasteiger partial charge >= 0.3 is 0 Å². The Kier molecular flexibility index (Phi) is 5.67. The second-order valence-corrected chi connectivity index (χ2v) is 3.65. The largest absolute Gasteiger partial charge is 0.395 e. The van der Waals surface area contributed by atoms with Crippen LogP contribution in [-0.2, 0) is 4.74 Å². The molecule has 0 unspecified atom stereocenters. The standard InChI is InChI=1S/C12H15F2NO3/c1-18-5-3-15(2-4-16)12-10(13)6-9(8-17)7-11(12)14/h6-8,16H,2-5H2,1H3. The summed E-state index contributed by atoms with van der Waals surface area (Å²) in [5.41, 5.74) is -0.323. The van der Waals surface area contributed by atoms with Crippen LogP contribution in [0.5, 0.6) is 0 Å². The molecule has 0 radical (unpaired) electrons. The number of methoxy groups -OCH3 is 1. The highest BCUT2D eigenvalue weighted by Crippen LogP contribution is 2.24. The molecule has 0 aromatic heterocycles. The number of aldehydes is 1. The summed E-state index contributed by atoms with van der Waals surface area (Å²) in [6, 6.07) is 1.92. The molecule has 0 aliphatic rings. The Morgan fingerprint density at radius 2 is 1.94 bits per heavy atom. The molecule has 0 bridgehead atoms. The third-order valence-electron chi connectivity index (χ3n) is 2.43. The molecule has 100 valence electrons. The van der Waals surface area contributed by atoms with E-state index in [1.165, 1.54) is 12.0 Å². The molecule has 0 saturated heterocycles. The van der Waals surface area contributed by atoms with E-state index in [0.29, 0.717) is 6.29 Å². The predicted octanol–water partition coefficient (Wildman–Crippen LogP) is 1.22. The van der Waals surface area contributed by atoms with Crippen LogP contribution in [0.3, 0.4) is 0 Å². The van der Waals surface area contributed by atoms with E-state index in [9.17, 15) is 13.6 Å². The van der Waals surface area contributed by atoms with E-state index in [4.69, 9.17) is 9.84 Å². The summed E-state index contributed by atoms with van der Waals surface area (Å²) in [5.74, 6) is -1.66. The molecule has 0 saturated carbocycles. The van der Waals surface area contributed by atoms with Crippen LogP contribution in [-0.4, -0.2) is 44.8 Å². The maximum Gasteiger partial charge on any atom is 0.150 e. The molecule has 0 atom stereocenters. The van der Waals surface area contributed by atoms with Crippen molar-refractivity contribution in [3.05, 3.63) is 29.3 Å². The van der Waals surface area contributed by atoms with Gasteiger partial charge in [0.15, 0.2) is 0 Å². The van der Waals surface area contributed by atoms with Crippen LogP contribution in [0, 0.1) is 11.6 Å². The lowest BCUT2D eigenvalue weighted by atomic mass is 10.2. The third-order valence-corrected chi connectivity index (χ3v) is 2.43. The zero-order valence-corrected chi connectivity index (χ0v) is 10.0. The highest BCUT2D eigenvalue weighted by Gasteiger charge is 2.17. The maximum absolute atomic E-state index is 13.7. The zero-order chi connectivity index (χ0) is 13.5. The van der Waals surface area contributed by atoms with Crippen molar-refractivity contribution in [1.29, 1.82) is 0 Å². The molecule has 4 nitrogen and oxygen atoms in total. The third kappa shape index (κ3) is 3.48. The topological polar surface area (TPSA) is 49.8 Å². The van der Waals surface area contributed by atoms with Gasteiger partial charge in [-0.05, 0) is 12.1 Å². The number of anilines is 1. The van der Waals surface area contributed by atoms with E-state index in [1.807, 2.05) is 0 Å². The van der Waals surface area contributed by atoms with Gasteiger partial charge in [0.2, 0.25) is 0 Å². The van der Waals surface area contributed by atoms with Gasteiger partial charge in [-0.3, -0.25) is 4.79 Å². The van der Waals surface area contributed by atoms with E-state index in [2.05, 4.69) is 0 Å². The number of ether oxygens (including phenoxy) is 1. The average molecular weight is 259 g/mol. The van der Waals surface area contributed by atoms with Crippen molar-refractivity contribution in [1.82, 2.24) is 0 Å². The Morgan fingerprint density at radius 3 is 2.39 bits per heavy atom. The first-order chi connectivity index (χ1) is 8.63. The molecule has 0 spiro atoms. The number of carbonyl (C=O) groups is 1. The molecule has 1 rings (SSSR count). The summed E-state index contributed by atoms with van der Waals surface area (Å²) < 4.78 is 32.3. The van der Waals surface area contributed by atoms with Gasteiger partial charge in [0, 0.05) is 25.8 Å². The Hall–Kier alpha value is -1.53. The molecule has 6 heteroatoms. The maximum atomic E-state index is 13.7. The van der Waals surface area contributed by atoms with Crippen molar-refractivity contribution in [2.75, 3.05) is 38.3 Å². The van der Waals surface area contributed by atoms with E-state index in [1.54, 1.807) is 0 Å². The van der Waals surface area contributed by atoms with Gasteiger partial charge < -0.3 is 14.7 Å². The van der Waals surface area contributed by atoms with Crippen molar-refractivity contribution in [3.8, 4) is 0 Å². The summed E-state index contributed by atoms with van der Waals surface area (Å²) in [6.07, 6.45) is 0.376. The van der Waals surface area contributed by atoms with Crippen molar-refractivity contribution >= 4 is 12.0 Å². The summed E-state index contributed by atoms with van der Waals surface area (Å²) in [7, 11) is 1.47. The molecule has 1 aromatic carbocycles. The van der Waals surface area contributed by atoms with Crippen LogP contribution in [0.1, 0.15) is 10.4 Å². The average Bonchev–Trinajstić information content (AvgIpc) is 2.34. The number of hydrogen-bond donors (Lipinski definition) is 1. The van der Waals surface area contributed by atoms with Crippen molar-refractivity contribution < 1.29 is 23.4 Å². The summed E-state index contributed by atoms with van der Waals surface area (Å²) in [4.78, 5) is 11.8. The molecule has 0 aliphatic carbocycles. The molecular weight excluding hydrogens is 244 g/mol. The molecule has 1 aromatic rings. The molecule has 0 fully saturated rings. The number of carbonyl (C=O) groups excluding carboxylic acids is 1. The van der Waals surface area contributed by atoms with Gasteiger partial charge in [-0.25, -0.2) is 8.78 Å². The second kappa shape index (κ2) is 7.03. The molecule has 0 heterocycles. The summed E-state index contributed by atoms with van der Waals surface area (Å²) in [5, 5.41) is 8.90. The molecule has 1 N–H and O–H groups in total. The van der Waals surface area contributed by atoms with Gasteiger partial charge in [-0.15, -0.1) is 0 Å². The number of rotatable bonds is 7. The molecule has 0 aliphatic heterocycles. The Balaban J connectivity index is 3.06. The quantitative estimate of drug-likeness (QED) is 0.748. The highest BCUT2D eigenvalue weighted by molar-refractivity contribution is 5.76. The van der Waals surface area contributed by atoms with E-state index in [-0.39, 0.29) is 37.6 Å². The highest BCUT2D eigenvalue weighted by atomic mass is 19.1. The smallest absolute Gasteiger partial charge is 0.150 e. The van der Waals surface area contributed by atoms with Crippen LogP contribution in [0.25, 0.3) is 0 Å². The van der Waals surface area contributed by atoms with Crippen LogP contribution >= 0.6 is 0 Å². The van der Waals surface area contributed by atoms with Gasteiger partial charge in [0.25, 0.3) is 0 Å². The van der Waals surface area contributed by atoms with Crippen LogP contribution in [0.15, 0.2) is 12.1 Å². The van der Waals surface area contributed by atoms with Crippen molar-refractivity contribution in [3.63, 3.8) is 0 Å². The van der Waals surface area contributed by atoms with Crippen molar-refractivity contribution in [2.45, 2.75) is 0 Å². The number of benzene rings is 1. The first-order valence-corrected chi connectivity index (χ1v) is 5.43. The molecular formula is C12H15F2NO3. The van der Waals surface area contributed by atoms with Gasteiger partial charge in [-0.2, -0.15) is 0 Å². The minimum absolute atomic E-state index is 0.0653. The lowest BCUT2D eigenvalue weighted by molar-refractivity contribution is 0.112. The number of aliphatic hydroxyl groups is 1. The number of hydrogen-bond acceptors (Lipinski definition) is 4. The van der Waals surface area contributed by atoms with E-state index < -0.39 is 11.6 Å². The molecule has 0 amide bonds. The summed E-state index contributed by atoms with van der Waals surface area (Å²) >= 11 is 0. The first kappa shape index (κ1) is 14.5. The lowest BCUT2D eigenvalue weighted by Gasteiger charge is -2.24. The summed E-state index contributed by atoms with van der Waals surface area (Å²) in [6.45, 7) is 0.356. The zero-order valence-electron chi connectivity index (χ0n) is 10.0. The van der Waals surface area contributed by atoms with Gasteiger partial charge in [0.05, 0.1) is 13.2 Å². The lowest BCUT2D eigenvalue weighted by Crippen LogP contribution is -2.31.